The van der Waals surface area contributed by atoms with Gasteiger partial charge in [0.25, 0.3) is 0 Å². The van der Waals surface area contributed by atoms with Crippen LogP contribution in [0.3, 0.4) is 0 Å². The molecule has 0 unspecified atom stereocenters. The molecular formula is C27H32F2N8. The highest BCUT2D eigenvalue weighted by Crippen LogP contribution is 2.30. The lowest BCUT2D eigenvalue weighted by atomic mass is 10.1. The van der Waals surface area contributed by atoms with Crippen LogP contribution >= 0.6 is 0 Å². The van der Waals surface area contributed by atoms with Gasteiger partial charge >= 0.3 is 0 Å². The number of aryl methyl sites for hydroxylation is 1. The second-order valence-corrected chi connectivity index (χ2v) is 9.28. The number of imidazole rings is 1. The summed E-state index contributed by atoms with van der Waals surface area (Å²) in [4.78, 5) is 20.8. The van der Waals surface area contributed by atoms with E-state index in [1.807, 2.05) is 11.0 Å². The van der Waals surface area contributed by atoms with Crippen LogP contribution in [-0.4, -0.2) is 67.0 Å². The summed E-state index contributed by atoms with van der Waals surface area (Å²) in [5.41, 5.74) is 1.06. The molecule has 3 aromatic heterocycles. The number of pyridine rings is 1. The van der Waals surface area contributed by atoms with Crippen molar-refractivity contribution in [3.63, 3.8) is 0 Å². The van der Waals surface area contributed by atoms with Gasteiger partial charge in [0, 0.05) is 57.4 Å². The number of piperazine rings is 1. The fourth-order valence-corrected chi connectivity index (χ4v) is 4.54. The highest BCUT2D eigenvalue weighted by Gasteiger charge is 2.19. The Kier molecular flexibility index (Phi) is 5.54. The lowest BCUT2D eigenvalue weighted by Gasteiger charge is -2.33. The van der Waals surface area contributed by atoms with E-state index < -0.39 is 25.0 Å². The van der Waals surface area contributed by atoms with Gasteiger partial charge in [0.15, 0.2) is 11.6 Å². The number of nitrogens with zero attached hydrogens (tertiary/aromatic N) is 7. The third-order valence-corrected chi connectivity index (χ3v) is 6.44. The number of halogens is 2. The first-order valence-electron chi connectivity index (χ1n) is 14.6. The Labute approximate surface area is 222 Å². The maximum absolute atomic E-state index is 15.2. The van der Waals surface area contributed by atoms with Crippen LogP contribution in [0.15, 0.2) is 36.7 Å². The monoisotopic (exact) mass is 511 g/mol. The molecule has 0 aliphatic carbocycles. The van der Waals surface area contributed by atoms with Gasteiger partial charge in [-0.1, -0.05) is 13.0 Å². The molecule has 1 aliphatic heterocycles. The highest BCUT2D eigenvalue weighted by atomic mass is 19.1. The molecule has 1 fully saturated rings. The Morgan fingerprint density at radius 2 is 1.81 bits per heavy atom. The fourth-order valence-electron chi connectivity index (χ4n) is 4.54. The van der Waals surface area contributed by atoms with Gasteiger partial charge in [0.05, 0.1) is 11.7 Å². The van der Waals surface area contributed by atoms with Crippen molar-refractivity contribution in [3.8, 4) is 11.3 Å². The first kappa shape index (κ1) is 19.6. The number of aromatic nitrogens is 5. The van der Waals surface area contributed by atoms with Crippen LogP contribution in [0.2, 0.25) is 0 Å². The molecule has 0 radical (unpaired) electrons. The molecule has 1 aromatic carbocycles. The molecule has 0 bridgehead atoms. The third-order valence-electron chi connectivity index (χ3n) is 6.44. The van der Waals surface area contributed by atoms with Gasteiger partial charge in [0.2, 0.25) is 5.95 Å². The number of likely N-dealkylation sites (N-methyl/N-ethyl adjacent to an activating group) is 1. The van der Waals surface area contributed by atoms with E-state index in [9.17, 15) is 4.39 Å². The lowest BCUT2D eigenvalue weighted by molar-refractivity contribution is 0.132. The number of nitrogens with one attached hydrogen (secondary N) is 1. The second-order valence-electron chi connectivity index (χ2n) is 9.28. The minimum absolute atomic E-state index is 0.0534. The van der Waals surface area contributed by atoms with Crippen LogP contribution in [0.1, 0.15) is 45.1 Å². The first-order valence-corrected chi connectivity index (χ1v) is 12.1. The topological polar surface area (TPSA) is 75.0 Å². The zero-order valence-corrected chi connectivity index (χ0v) is 21.0. The number of hydrogen-bond acceptors (Lipinski definition) is 7. The Bertz CT molecular complexity index is 1580. The van der Waals surface area contributed by atoms with E-state index in [2.05, 4.69) is 30.2 Å². The van der Waals surface area contributed by atoms with Gasteiger partial charge in [-0.25, -0.2) is 28.7 Å². The van der Waals surface area contributed by atoms with Crippen LogP contribution in [0, 0.1) is 18.5 Å². The molecule has 0 atom stereocenters. The molecule has 194 valence electrons. The molecule has 1 saturated heterocycles. The molecule has 0 spiro atoms. The summed E-state index contributed by atoms with van der Waals surface area (Å²) in [6, 6.07) is 5.89. The maximum atomic E-state index is 15.2. The first-order chi connectivity index (χ1) is 19.7. The molecule has 8 nitrogen and oxygen atoms in total. The van der Waals surface area contributed by atoms with Crippen molar-refractivity contribution in [1.82, 2.24) is 34.3 Å². The SMILES string of the molecule is [2H]C([2H])([2H])c1nc2c(F)cc(-c3nc(Nc4ccc(CN5CCN(C([2H])([2H])C)CC5)cn4)ncc3F)cc2n1C(C)C. The van der Waals surface area contributed by atoms with Crippen LogP contribution in [0.5, 0.6) is 0 Å². The molecule has 37 heavy (non-hydrogen) atoms. The van der Waals surface area contributed by atoms with E-state index in [0.29, 0.717) is 25.5 Å². The van der Waals surface area contributed by atoms with Gasteiger partial charge < -0.3 is 14.8 Å². The normalized spacial score (nSPS) is 17.8. The smallest absolute Gasteiger partial charge is 0.229 e. The van der Waals surface area contributed by atoms with Crippen LogP contribution in [0.25, 0.3) is 22.3 Å². The van der Waals surface area contributed by atoms with Crippen LogP contribution in [0.4, 0.5) is 20.5 Å². The largest absolute Gasteiger partial charge is 0.326 e. The molecule has 5 rings (SSSR count). The molecular weight excluding hydrogens is 474 g/mol. The Hall–Kier alpha value is -3.50. The fraction of sp³-hybridized carbons (Fsp3) is 0.407. The molecule has 0 amide bonds. The average molecular weight is 512 g/mol. The van der Waals surface area contributed by atoms with Crippen molar-refractivity contribution in [3.05, 3.63) is 59.7 Å². The molecule has 1 aliphatic rings. The number of rotatable bonds is 7. The number of anilines is 2. The summed E-state index contributed by atoms with van der Waals surface area (Å²) in [7, 11) is 0. The molecule has 1 N–H and O–H groups in total. The summed E-state index contributed by atoms with van der Waals surface area (Å²) in [6.07, 6.45) is 2.70. The zero-order valence-electron chi connectivity index (χ0n) is 26.0. The van der Waals surface area contributed by atoms with Crippen LogP contribution < -0.4 is 5.32 Å². The van der Waals surface area contributed by atoms with E-state index in [1.165, 1.54) is 10.6 Å². The van der Waals surface area contributed by atoms with Crippen molar-refractivity contribution < 1.29 is 15.6 Å². The van der Waals surface area contributed by atoms with Gasteiger partial charge in [-0.3, -0.25) is 4.90 Å². The van der Waals surface area contributed by atoms with E-state index in [-0.39, 0.29) is 40.1 Å². The van der Waals surface area contributed by atoms with Crippen molar-refractivity contribution in [2.45, 2.75) is 40.2 Å². The quantitative estimate of drug-likeness (QED) is 0.377. The average Bonchev–Trinajstić information content (AvgIpc) is 3.32. The zero-order chi connectivity index (χ0) is 30.4. The summed E-state index contributed by atoms with van der Waals surface area (Å²) >= 11 is 0. The minimum Gasteiger partial charge on any atom is -0.326 e. The van der Waals surface area contributed by atoms with Crippen molar-refractivity contribution in [1.29, 1.82) is 0 Å². The number of hydrogen-bond donors (Lipinski definition) is 1. The van der Waals surface area contributed by atoms with E-state index in [4.69, 9.17) is 6.85 Å². The van der Waals surface area contributed by atoms with Gasteiger partial charge in [-0.05, 0) is 51.0 Å². The predicted octanol–water partition coefficient (Wildman–Crippen LogP) is 4.94. The number of fused-ring (bicyclic) bond motifs is 1. The second kappa shape index (κ2) is 10.5. The predicted molar refractivity (Wildman–Crippen MR) is 141 cm³/mol. The standard InChI is InChI=1S/C27H32F2N8/c1-5-35-8-10-36(11-9-35)16-19-6-7-24(30-14-19)33-27-31-15-22(29)25(34-27)20-12-21(28)26-23(13-20)37(17(2)3)18(4)32-26/h6-7,12-15,17H,5,8-11,16H2,1-4H3,(H,30,31,33,34)/i4D3,5D2. The summed E-state index contributed by atoms with van der Waals surface area (Å²) in [5, 5.41) is 2.95. The van der Waals surface area contributed by atoms with Gasteiger partial charge in [-0.2, -0.15) is 0 Å². The van der Waals surface area contributed by atoms with Gasteiger partial charge in [-0.15, -0.1) is 0 Å². The van der Waals surface area contributed by atoms with E-state index in [0.717, 1.165) is 30.9 Å². The van der Waals surface area contributed by atoms with Crippen molar-refractivity contribution >= 4 is 22.8 Å². The van der Waals surface area contributed by atoms with Crippen molar-refractivity contribution in [2.75, 3.05) is 38.0 Å². The Balaban J connectivity index is 1.35. The maximum Gasteiger partial charge on any atom is 0.229 e. The van der Waals surface area contributed by atoms with E-state index >= 15 is 4.39 Å². The van der Waals surface area contributed by atoms with Gasteiger partial charge in [0.1, 0.15) is 22.9 Å². The van der Waals surface area contributed by atoms with Crippen LogP contribution in [-0.2, 0) is 6.54 Å². The summed E-state index contributed by atoms with van der Waals surface area (Å²) in [5.74, 6) is -1.31. The van der Waals surface area contributed by atoms with Crippen molar-refractivity contribution in [2.24, 2.45) is 0 Å². The molecule has 4 heterocycles. The molecule has 10 heteroatoms. The lowest BCUT2D eigenvalue weighted by Crippen LogP contribution is -2.45. The number of benzene rings is 1. The highest BCUT2D eigenvalue weighted by molar-refractivity contribution is 5.83. The summed E-state index contributed by atoms with van der Waals surface area (Å²) in [6.45, 7) is 4.69. The minimum atomic E-state index is -2.56. The molecule has 0 saturated carbocycles. The third kappa shape index (κ3) is 5.30. The summed E-state index contributed by atoms with van der Waals surface area (Å²) < 4.78 is 70.7. The Morgan fingerprint density at radius 1 is 1.03 bits per heavy atom. The molecule has 4 aromatic rings. The Morgan fingerprint density at radius 3 is 2.49 bits per heavy atom. The van der Waals surface area contributed by atoms with E-state index in [1.54, 1.807) is 33.0 Å².